The highest BCUT2D eigenvalue weighted by molar-refractivity contribution is 5.85. The molecule has 0 bridgehead atoms. The number of hydrogen-bond donors (Lipinski definition) is 2. The zero-order valence-electron chi connectivity index (χ0n) is 11.6. The first-order valence-electron chi connectivity index (χ1n) is 7.07. The molecule has 3 nitrogen and oxygen atoms in total. The number of carbonyl (C=O) groups excluding carboxylic acids is 1. The molecule has 0 aliphatic heterocycles. The lowest BCUT2D eigenvalue weighted by Gasteiger charge is -2.18. The van der Waals surface area contributed by atoms with Gasteiger partial charge in [0.25, 0.3) is 0 Å². The summed E-state index contributed by atoms with van der Waals surface area (Å²) in [5.74, 6) is 1.75. The molecule has 0 aromatic rings. The molecular weight excluding hydrogens is 248 g/mol. The van der Waals surface area contributed by atoms with Crippen molar-refractivity contribution in [3.05, 3.63) is 0 Å². The molecule has 0 heterocycles. The lowest BCUT2D eigenvalue weighted by Crippen LogP contribution is -2.38. The summed E-state index contributed by atoms with van der Waals surface area (Å²) >= 11 is 0. The SMILES string of the molecule is CC(C)CC1(CNC(=O)CNCC2CC2)CC1.Cl. The van der Waals surface area contributed by atoms with Crippen molar-refractivity contribution in [3.63, 3.8) is 0 Å². The van der Waals surface area contributed by atoms with E-state index in [2.05, 4.69) is 24.5 Å². The Balaban J connectivity index is 0.00000162. The molecule has 4 heteroatoms. The first-order valence-corrected chi connectivity index (χ1v) is 7.07. The molecule has 0 spiro atoms. The van der Waals surface area contributed by atoms with Crippen LogP contribution in [0.25, 0.3) is 0 Å². The van der Waals surface area contributed by atoms with E-state index in [9.17, 15) is 4.79 Å². The van der Waals surface area contributed by atoms with Crippen molar-refractivity contribution >= 4 is 18.3 Å². The van der Waals surface area contributed by atoms with Crippen LogP contribution in [0.4, 0.5) is 0 Å². The Morgan fingerprint density at radius 1 is 1.33 bits per heavy atom. The van der Waals surface area contributed by atoms with Crippen molar-refractivity contribution in [1.29, 1.82) is 0 Å². The van der Waals surface area contributed by atoms with Crippen molar-refractivity contribution in [2.75, 3.05) is 19.6 Å². The molecule has 0 radical (unpaired) electrons. The van der Waals surface area contributed by atoms with Gasteiger partial charge in [0.2, 0.25) is 5.91 Å². The predicted octanol–water partition coefficient (Wildman–Crippen LogP) is 2.35. The second-order valence-corrected chi connectivity index (χ2v) is 6.45. The molecule has 0 aromatic heterocycles. The molecule has 2 fully saturated rings. The number of carbonyl (C=O) groups is 1. The van der Waals surface area contributed by atoms with Gasteiger partial charge in [-0.3, -0.25) is 4.79 Å². The predicted molar refractivity (Wildman–Crippen MR) is 77.0 cm³/mol. The van der Waals surface area contributed by atoms with Crippen molar-refractivity contribution in [2.45, 2.75) is 46.0 Å². The van der Waals surface area contributed by atoms with E-state index in [0.717, 1.165) is 24.9 Å². The van der Waals surface area contributed by atoms with E-state index in [1.54, 1.807) is 0 Å². The standard InChI is InChI=1S/C14H26N2O.ClH/c1-11(2)7-14(5-6-14)10-16-13(17)9-15-8-12-3-4-12;/h11-12,15H,3-10H2,1-2H3,(H,16,17);1H. The summed E-state index contributed by atoms with van der Waals surface area (Å²) in [6.07, 6.45) is 6.52. The molecule has 2 N–H and O–H groups in total. The Morgan fingerprint density at radius 3 is 2.50 bits per heavy atom. The number of hydrogen-bond acceptors (Lipinski definition) is 2. The van der Waals surface area contributed by atoms with Crippen LogP contribution in [-0.2, 0) is 4.79 Å². The first-order chi connectivity index (χ1) is 8.10. The number of halogens is 1. The summed E-state index contributed by atoms with van der Waals surface area (Å²) in [6, 6.07) is 0. The fourth-order valence-corrected chi connectivity index (χ4v) is 2.56. The van der Waals surface area contributed by atoms with Crippen LogP contribution < -0.4 is 10.6 Å². The molecule has 0 saturated heterocycles. The first kappa shape index (κ1) is 15.8. The number of rotatable bonds is 8. The van der Waals surface area contributed by atoms with Gasteiger partial charge < -0.3 is 10.6 Å². The summed E-state index contributed by atoms with van der Waals surface area (Å²) in [5.41, 5.74) is 0.445. The van der Waals surface area contributed by atoms with Crippen molar-refractivity contribution in [3.8, 4) is 0 Å². The maximum Gasteiger partial charge on any atom is 0.233 e. The molecule has 1 amide bonds. The van der Waals surface area contributed by atoms with Crippen LogP contribution in [-0.4, -0.2) is 25.5 Å². The largest absolute Gasteiger partial charge is 0.354 e. The Bertz CT molecular complexity index is 273. The molecule has 2 aliphatic carbocycles. The van der Waals surface area contributed by atoms with E-state index in [4.69, 9.17) is 0 Å². The third-order valence-corrected chi connectivity index (χ3v) is 3.87. The van der Waals surface area contributed by atoms with Crippen LogP contribution in [0.2, 0.25) is 0 Å². The lowest BCUT2D eigenvalue weighted by atomic mass is 9.94. The topological polar surface area (TPSA) is 41.1 Å². The Kier molecular flexibility index (Phi) is 5.93. The quantitative estimate of drug-likeness (QED) is 0.713. The highest BCUT2D eigenvalue weighted by Crippen LogP contribution is 2.49. The van der Waals surface area contributed by atoms with Gasteiger partial charge in [0.15, 0.2) is 0 Å². The van der Waals surface area contributed by atoms with E-state index < -0.39 is 0 Å². The van der Waals surface area contributed by atoms with E-state index in [1.807, 2.05) is 0 Å². The van der Waals surface area contributed by atoms with Crippen LogP contribution in [0, 0.1) is 17.3 Å². The van der Waals surface area contributed by atoms with Crippen molar-refractivity contribution in [1.82, 2.24) is 10.6 Å². The average molecular weight is 275 g/mol. The van der Waals surface area contributed by atoms with Crippen LogP contribution in [0.5, 0.6) is 0 Å². The van der Waals surface area contributed by atoms with Gasteiger partial charge in [-0.1, -0.05) is 13.8 Å². The lowest BCUT2D eigenvalue weighted by molar-refractivity contribution is -0.120. The van der Waals surface area contributed by atoms with Gasteiger partial charge >= 0.3 is 0 Å². The maximum atomic E-state index is 11.6. The molecule has 18 heavy (non-hydrogen) atoms. The number of nitrogens with one attached hydrogen (secondary N) is 2. The second kappa shape index (κ2) is 6.76. The van der Waals surface area contributed by atoms with Gasteiger partial charge in [-0.15, -0.1) is 12.4 Å². The van der Waals surface area contributed by atoms with Crippen molar-refractivity contribution in [2.24, 2.45) is 17.3 Å². The molecule has 2 aliphatic rings. The van der Waals surface area contributed by atoms with Gasteiger partial charge in [-0.25, -0.2) is 0 Å². The summed E-state index contributed by atoms with van der Waals surface area (Å²) < 4.78 is 0. The third kappa shape index (κ3) is 5.57. The smallest absolute Gasteiger partial charge is 0.233 e. The van der Waals surface area contributed by atoms with Crippen LogP contribution >= 0.6 is 12.4 Å². The normalized spacial score (nSPS) is 20.4. The van der Waals surface area contributed by atoms with Crippen LogP contribution in [0.15, 0.2) is 0 Å². The summed E-state index contributed by atoms with van der Waals surface area (Å²) in [6.45, 7) is 6.92. The molecule has 0 unspecified atom stereocenters. The molecule has 0 aromatic carbocycles. The number of amides is 1. The second-order valence-electron chi connectivity index (χ2n) is 6.45. The fraction of sp³-hybridized carbons (Fsp3) is 0.929. The van der Waals surface area contributed by atoms with Gasteiger partial charge in [0.05, 0.1) is 6.54 Å². The van der Waals surface area contributed by atoms with Crippen LogP contribution in [0.3, 0.4) is 0 Å². The van der Waals surface area contributed by atoms with Crippen LogP contribution in [0.1, 0.15) is 46.0 Å². The van der Waals surface area contributed by atoms with E-state index >= 15 is 0 Å². The Labute approximate surface area is 117 Å². The Hall–Kier alpha value is -0.280. The summed E-state index contributed by atoms with van der Waals surface area (Å²) in [7, 11) is 0. The minimum atomic E-state index is 0. The molecule has 106 valence electrons. The monoisotopic (exact) mass is 274 g/mol. The summed E-state index contributed by atoms with van der Waals surface area (Å²) in [4.78, 5) is 11.6. The van der Waals surface area contributed by atoms with Gasteiger partial charge in [-0.2, -0.15) is 0 Å². The average Bonchev–Trinajstić information content (AvgIpc) is 3.11. The van der Waals surface area contributed by atoms with Gasteiger partial charge in [-0.05, 0) is 55.9 Å². The van der Waals surface area contributed by atoms with Crippen molar-refractivity contribution < 1.29 is 4.79 Å². The van der Waals surface area contributed by atoms with Gasteiger partial charge in [0.1, 0.15) is 0 Å². The highest BCUT2D eigenvalue weighted by atomic mass is 35.5. The van der Waals surface area contributed by atoms with Gasteiger partial charge in [0, 0.05) is 6.54 Å². The fourth-order valence-electron chi connectivity index (χ4n) is 2.56. The highest BCUT2D eigenvalue weighted by Gasteiger charge is 2.42. The molecule has 2 rings (SSSR count). The van der Waals surface area contributed by atoms with E-state index in [1.165, 1.54) is 32.1 Å². The zero-order valence-corrected chi connectivity index (χ0v) is 12.4. The minimum absolute atomic E-state index is 0. The third-order valence-electron chi connectivity index (χ3n) is 3.87. The van der Waals surface area contributed by atoms with E-state index in [-0.39, 0.29) is 18.3 Å². The van der Waals surface area contributed by atoms with E-state index in [0.29, 0.717) is 12.0 Å². The maximum absolute atomic E-state index is 11.6. The zero-order chi connectivity index (χ0) is 12.3. The molecule has 0 atom stereocenters. The molecular formula is C14H27ClN2O. The summed E-state index contributed by atoms with van der Waals surface area (Å²) in [5, 5.41) is 6.32. The Morgan fingerprint density at radius 2 is 2.00 bits per heavy atom. The molecule has 2 saturated carbocycles. The minimum Gasteiger partial charge on any atom is -0.354 e.